The number of aliphatic hydroxyl groups excluding tert-OH is 1. The van der Waals surface area contributed by atoms with Gasteiger partial charge in [0.15, 0.2) is 0 Å². The van der Waals surface area contributed by atoms with Crippen LogP contribution in [0.2, 0.25) is 0 Å². The number of hydrogen-bond donors (Lipinski definition) is 2. The van der Waals surface area contributed by atoms with Gasteiger partial charge in [-0.2, -0.15) is 0 Å². The second-order valence-corrected chi connectivity index (χ2v) is 4.46. The predicted octanol–water partition coefficient (Wildman–Crippen LogP) is 1.56. The lowest BCUT2D eigenvalue weighted by atomic mass is 10.0. The molecule has 3 N–H and O–H groups in total. The fourth-order valence-electron chi connectivity index (χ4n) is 2.51. The van der Waals surface area contributed by atoms with Crippen LogP contribution in [-0.2, 0) is 0 Å². The third-order valence-corrected chi connectivity index (χ3v) is 3.48. The average Bonchev–Trinajstić information content (AvgIpc) is 2.42. The van der Waals surface area contributed by atoms with E-state index in [-0.39, 0.29) is 12.6 Å². The van der Waals surface area contributed by atoms with Crippen molar-refractivity contribution >= 4 is 0 Å². The number of pyridine rings is 1. The molecule has 1 aromatic heterocycles. The molecule has 0 radical (unpaired) electrons. The van der Waals surface area contributed by atoms with E-state index < -0.39 is 0 Å². The van der Waals surface area contributed by atoms with E-state index in [0.29, 0.717) is 19.1 Å². The van der Waals surface area contributed by atoms with E-state index in [1.165, 1.54) is 5.56 Å². The van der Waals surface area contributed by atoms with Crippen molar-refractivity contribution in [1.29, 1.82) is 0 Å². The minimum Gasteiger partial charge on any atom is -0.395 e. The Labute approximate surface area is 110 Å². The molecule has 0 aromatic carbocycles. The van der Waals surface area contributed by atoms with Gasteiger partial charge in [0.1, 0.15) is 0 Å². The van der Waals surface area contributed by atoms with Gasteiger partial charge in [-0.1, -0.05) is 13.8 Å². The minimum absolute atomic E-state index is 0.157. The third kappa shape index (κ3) is 3.77. The Morgan fingerprint density at radius 1 is 1.28 bits per heavy atom. The first-order valence-electron chi connectivity index (χ1n) is 6.75. The van der Waals surface area contributed by atoms with E-state index >= 15 is 0 Å². The number of hydrogen-bond acceptors (Lipinski definition) is 4. The van der Waals surface area contributed by atoms with Crippen molar-refractivity contribution in [3.63, 3.8) is 0 Å². The number of aromatic nitrogens is 1. The highest BCUT2D eigenvalue weighted by atomic mass is 16.3. The zero-order chi connectivity index (χ0) is 13.4. The van der Waals surface area contributed by atoms with Gasteiger partial charge in [-0.05, 0) is 30.5 Å². The molecule has 1 aromatic rings. The molecule has 1 unspecified atom stereocenters. The van der Waals surface area contributed by atoms with Crippen molar-refractivity contribution in [2.75, 3.05) is 19.7 Å². The average molecular weight is 251 g/mol. The second kappa shape index (κ2) is 8.19. The smallest absolute Gasteiger partial charge is 0.0558 e. The second-order valence-electron chi connectivity index (χ2n) is 4.46. The summed E-state index contributed by atoms with van der Waals surface area (Å²) in [5.41, 5.74) is 7.11. The van der Waals surface area contributed by atoms with E-state index in [4.69, 9.17) is 5.73 Å². The van der Waals surface area contributed by atoms with Crippen LogP contribution in [0.25, 0.3) is 0 Å². The van der Waals surface area contributed by atoms with Crippen LogP contribution in [0.1, 0.15) is 38.3 Å². The fourth-order valence-corrected chi connectivity index (χ4v) is 2.51. The number of nitrogens with two attached hydrogens (primary N) is 1. The van der Waals surface area contributed by atoms with E-state index in [2.05, 4.69) is 23.7 Å². The number of rotatable bonds is 8. The highest BCUT2D eigenvalue weighted by molar-refractivity contribution is 5.16. The van der Waals surface area contributed by atoms with E-state index in [0.717, 1.165) is 12.8 Å². The summed E-state index contributed by atoms with van der Waals surface area (Å²) in [5.74, 6) is 0. The Morgan fingerprint density at radius 3 is 2.33 bits per heavy atom. The lowest BCUT2D eigenvalue weighted by molar-refractivity contribution is 0.0995. The first-order valence-corrected chi connectivity index (χ1v) is 6.75. The van der Waals surface area contributed by atoms with Crippen molar-refractivity contribution in [2.24, 2.45) is 5.73 Å². The Morgan fingerprint density at radius 2 is 1.89 bits per heavy atom. The van der Waals surface area contributed by atoms with Gasteiger partial charge < -0.3 is 10.8 Å². The zero-order valence-electron chi connectivity index (χ0n) is 11.4. The molecule has 0 aliphatic carbocycles. The maximum atomic E-state index is 9.27. The Hall–Kier alpha value is -0.970. The quantitative estimate of drug-likeness (QED) is 0.736. The van der Waals surface area contributed by atoms with E-state index in [1.54, 1.807) is 12.4 Å². The van der Waals surface area contributed by atoms with Gasteiger partial charge in [-0.25, -0.2) is 0 Å². The summed E-state index contributed by atoms with van der Waals surface area (Å²) in [6.07, 6.45) is 5.72. The van der Waals surface area contributed by atoms with Gasteiger partial charge in [0.2, 0.25) is 0 Å². The molecule has 1 rings (SSSR count). The Balaban J connectivity index is 2.93. The van der Waals surface area contributed by atoms with Crippen LogP contribution < -0.4 is 5.73 Å². The van der Waals surface area contributed by atoms with Gasteiger partial charge in [-0.3, -0.25) is 9.88 Å². The topological polar surface area (TPSA) is 62.4 Å². The van der Waals surface area contributed by atoms with Crippen LogP contribution >= 0.6 is 0 Å². The summed E-state index contributed by atoms with van der Waals surface area (Å²) in [7, 11) is 0. The highest BCUT2D eigenvalue weighted by Crippen LogP contribution is 2.23. The van der Waals surface area contributed by atoms with Gasteiger partial charge >= 0.3 is 0 Å². The van der Waals surface area contributed by atoms with Crippen LogP contribution in [-0.4, -0.2) is 40.7 Å². The highest BCUT2D eigenvalue weighted by Gasteiger charge is 2.24. The van der Waals surface area contributed by atoms with Crippen molar-refractivity contribution < 1.29 is 5.11 Å². The van der Waals surface area contributed by atoms with Crippen LogP contribution in [0.15, 0.2) is 24.5 Å². The van der Waals surface area contributed by atoms with Gasteiger partial charge in [0.05, 0.1) is 6.61 Å². The van der Waals surface area contributed by atoms with Gasteiger partial charge in [0, 0.05) is 37.6 Å². The molecular weight excluding hydrogens is 226 g/mol. The lowest BCUT2D eigenvalue weighted by Gasteiger charge is -2.36. The van der Waals surface area contributed by atoms with Crippen molar-refractivity contribution in [3.8, 4) is 0 Å². The first-order chi connectivity index (χ1) is 8.78. The van der Waals surface area contributed by atoms with Crippen molar-refractivity contribution in [3.05, 3.63) is 30.1 Å². The van der Waals surface area contributed by atoms with Crippen LogP contribution in [0.5, 0.6) is 0 Å². The molecule has 0 amide bonds. The van der Waals surface area contributed by atoms with Crippen LogP contribution in [0.3, 0.4) is 0 Å². The molecule has 0 saturated carbocycles. The van der Waals surface area contributed by atoms with Crippen LogP contribution in [0.4, 0.5) is 0 Å². The Bertz CT molecular complexity index is 314. The standard InChI is InChI=1S/C14H25N3O/c1-3-13(4-2)17(9-10-18)14(11-15)12-5-7-16-8-6-12/h5-8,13-14,18H,3-4,9-11,15H2,1-2H3. The maximum absolute atomic E-state index is 9.27. The fraction of sp³-hybridized carbons (Fsp3) is 0.643. The lowest BCUT2D eigenvalue weighted by Crippen LogP contribution is -2.42. The summed E-state index contributed by atoms with van der Waals surface area (Å²) < 4.78 is 0. The summed E-state index contributed by atoms with van der Waals surface area (Å²) >= 11 is 0. The number of aliphatic hydroxyl groups is 1. The summed E-state index contributed by atoms with van der Waals surface area (Å²) in [5, 5.41) is 9.27. The molecule has 0 saturated heterocycles. The monoisotopic (exact) mass is 251 g/mol. The normalized spacial score (nSPS) is 13.2. The molecule has 0 spiro atoms. The van der Waals surface area contributed by atoms with E-state index in [9.17, 15) is 5.11 Å². The molecule has 4 heteroatoms. The van der Waals surface area contributed by atoms with Crippen molar-refractivity contribution in [1.82, 2.24) is 9.88 Å². The van der Waals surface area contributed by atoms with Gasteiger partial charge in [-0.15, -0.1) is 0 Å². The summed E-state index contributed by atoms with van der Waals surface area (Å²) in [4.78, 5) is 6.36. The molecule has 1 heterocycles. The molecule has 18 heavy (non-hydrogen) atoms. The van der Waals surface area contributed by atoms with E-state index in [1.807, 2.05) is 12.1 Å². The molecule has 102 valence electrons. The molecule has 0 aliphatic heterocycles. The molecule has 0 fully saturated rings. The maximum Gasteiger partial charge on any atom is 0.0558 e. The molecule has 0 bridgehead atoms. The minimum atomic E-state index is 0.157. The predicted molar refractivity (Wildman–Crippen MR) is 74.2 cm³/mol. The third-order valence-electron chi connectivity index (χ3n) is 3.48. The SMILES string of the molecule is CCC(CC)N(CCO)C(CN)c1ccncc1. The first kappa shape index (κ1) is 15.1. The molecule has 4 nitrogen and oxygen atoms in total. The van der Waals surface area contributed by atoms with Crippen LogP contribution in [0, 0.1) is 0 Å². The summed E-state index contributed by atoms with van der Waals surface area (Å²) in [6, 6.07) is 4.62. The Kier molecular flexibility index (Phi) is 6.86. The molecule has 0 aliphatic rings. The van der Waals surface area contributed by atoms with Crippen molar-refractivity contribution in [2.45, 2.75) is 38.8 Å². The molecule has 1 atom stereocenters. The number of nitrogens with zero attached hydrogens (tertiary/aromatic N) is 2. The zero-order valence-corrected chi connectivity index (χ0v) is 11.4. The largest absolute Gasteiger partial charge is 0.395 e. The molecular formula is C14H25N3O. The summed E-state index contributed by atoms with van der Waals surface area (Å²) in [6.45, 7) is 5.74. The van der Waals surface area contributed by atoms with Gasteiger partial charge in [0.25, 0.3) is 0 Å².